The lowest BCUT2D eigenvalue weighted by atomic mass is 10.1. The van der Waals surface area contributed by atoms with E-state index < -0.39 is 50.1 Å². The first-order chi connectivity index (χ1) is 9.35. The Morgan fingerprint density at radius 1 is 0.850 bits per heavy atom. The van der Waals surface area contributed by atoms with Crippen LogP contribution in [0.2, 0.25) is 0 Å². The monoisotopic (exact) mass is 297 g/mol. The Bertz CT molecular complexity index is 265. The van der Waals surface area contributed by atoms with E-state index in [0.29, 0.717) is 0 Å². The maximum absolute atomic E-state index is 11.2. The summed E-state index contributed by atoms with van der Waals surface area (Å²) in [6.07, 6.45) is -4.04. The second-order valence-corrected chi connectivity index (χ2v) is 4.55. The lowest BCUT2D eigenvalue weighted by Gasteiger charge is -2.32. The van der Waals surface area contributed by atoms with E-state index in [2.05, 4.69) is 0 Å². The van der Waals surface area contributed by atoms with Crippen LogP contribution in [0, 0.1) is 0 Å². The van der Waals surface area contributed by atoms with Crippen molar-refractivity contribution < 1.29 is 40.5 Å². The van der Waals surface area contributed by atoms with Crippen molar-refractivity contribution in [2.24, 2.45) is 0 Å². The van der Waals surface area contributed by atoms with Crippen molar-refractivity contribution in [2.45, 2.75) is 30.8 Å². The van der Waals surface area contributed by atoms with Gasteiger partial charge in [-0.15, -0.1) is 0 Å². The molecule has 0 aliphatic carbocycles. The zero-order valence-corrected chi connectivity index (χ0v) is 11.0. The molecule has 0 spiro atoms. The van der Waals surface area contributed by atoms with Crippen LogP contribution in [0.3, 0.4) is 0 Å². The highest BCUT2D eigenvalue weighted by Crippen LogP contribution is 2.10. The van der Waals surface area contributed by atoms with Gasteiger partial charge in [-0.1, -0.05) is 0 Å². The Morgan fingerprint density at radius 3 is 1.55 bits per heavy atom. The van der Waals surface area contributed by atoms with E-state index in [1.54, 1.807) is 0 Å². The second kappa shape index (κ2) is 10.00. The molecule has 9 nitrogen and oxygen atoms in total. The number of hydrogen-bond donors (Lipinski definition) is 7. The second-order valence-electron chi connectivity index (χ2n) is 4.55. The van der Waals surface area contributed by atoms with Crippen LogP contribution in [0.1, 0.15) is 6.42 Å². The number of carboxylic acid groups (broad SMARTS) is 1. The first-order valence-corrected chi connectivity index (χ1v) is 6.19. The standard InChI is InChI=1S/C11H23NO8/c13-4-7(16)1-10(11(19)20)12(2-8(17)5-14)3-9(18)6-15/h7-10,13-18H,1-6H2,(H,19,20)/t7?,8?,9?,10-/m0/s1. The summed E-state index contributed by atoms with van der Waals surface area (Å²) in [4.78, 5) is 12.3. The van der Waals surface area contributed by atoms with E-state index in [1.165, 1.54) is 0 Å². The third-order valence-corrected chi connectivity index (χ3v) is 2.74. The lowest BCUT2D eigenvalue weighted by molar-refractivity contribution is -0.146. The summed E-state index contributed by atoms with van der Waals surface area (Å²) in [5.74, 6) is -1.31. The summed E-state index contributed by atoms with van der Waals surface area (Å²) in [5, 5.41) is 63.6. The predicted molar refractivity (Wildman–Crippen MR) is 66.9 cm³/mol. The highest BCUT2D eigenvalue weighted by molar-refractivity contribution is 5.73. The Kier molecular flexibility index (Phi) is 9.59. The molecular weight excluding hydrogens is 274 g/mol. The molecule has 9 heteroatoms. The molecule has 0 fully saturated rings. The van der Waals surface area contributed by atoms with E-state index in [9.17, 15) is 20.1 Å². The molecular formula is C11H23NO8. The Balaban J connectivity index is 4.93. The van der Waals surface area contributed by atoms with Gasteiger partial charge in [-0.2, -0.15) is 0 Å². The zero-order valence-electron chi connectivity index (χ0n) is 11.0. The molecule has 0 saturated carbocycles. The fraction of sp³-hybridized carbons (Fsp3) is 0.909. The minimum atomic E-state index is -1.31. The SMILES string of the molecule is O=C(O)[C@H](CC(O)CO)N(CC(O)CO)CC(O)CO. The van der Waals surface area contributed by atoms with Gasteiger partial charge in [-0.25, -0.2) is 0 Å². The molecule has 0 radical (unpaired) electrons. The molecule has 0 aromatic carbocycles. The summed E-state index contributed by atoms with van der Waals surface area (Å²) in [6.45, 7) is -2.34. The smallest absolute Gasteiger partial charge is 0.321 e. The van der Waals surface area contributed by atoms with Gasteiger partial charge in [0.05, 0.1) is 38.1 Å². The fourth-order valence-electron chi connectivity index (χ4n) is 1.72. The molecule has 0 aliphatic heterocycles. The molecule has 0 saturated heterocycles. The number of aliphatic carboxylic acids is 1. The van der Waals surface area contributed by atoms with Crippen molar-refractivity contribution >= 4 is 5.97 Å². The largest absolute Gasteiger partial charge is 0.480 e. The van der Waals surface area contributed by atoms with Crippen molar-refractivity contribution in [3.05, 3.63) is 0 Å². The average molecular weight is 297 g/mol. The van der Waals surface area contributed by atoms with Crippen molar-refractivity contribution in [1.29, 1.82) is 0 Å². The number of carbonyl (C=O) groups is 1. The van der Waals surface area contributed by atoms with Crippen LogP contribution in [0.5, 0.6) is 0 Å². The van der Waals surface area contributed by atoms with Crippen molar-refractivity contribution in [2.75, 3.05) is 32.9 Å². The maximum Gasteiger partial charge on any atom is 0.321 e. The molecule has 0 amide bonds. The number of hydrogen-bond acceptors (Lipinski definition) is 8. The van der Waals surface area contributed by atoms with Crippen LogP contribution in [0.15, 0.2) is 0 Å². The number of rotatable bonds is 11. The van der Waals surface area contributed by atoms with Gasteiger partial charge in [0.25, 0.3) is 0 Å². The van der Waals surface area contributed by atoms with Crippen LogP contribution in [0.4, 0.5) is 0 Å². The maximum atomic E-state index is 11.2. The molecule has 20 heavy (non-hydrogen) atoms. The van der Waals surface area contributed by atoms with Gasteiger partial charge in [0.2, 0.25) is 0 Å². The molecule has 7 N–H and O–H groups in total. The van der Waals surface area contributed by atoms with Crippen molar-refractivity contribution in [1.82, 2.24) is 4.90 Å². The summed E-state index contributed by atoms with van der Waals surface area (Å²) < 4.78 is 0. The molecule has 0 rings (SSSR count). The van der Waals surface area contributed by atoms with Gasteiger partial charge in [0.15, 0.2) is 0 Å². The molecule has 0 bridgehead atoms. The van der Waals surface area contributed by atoms with Gasteiger partial charge in [0.1, 0.15) is 6.04 Å². The first kappa shape index (κ1) is 19.2. The van der Waals surface area contributed by atoms with E-state index in [4.69, 9.17) is 20.4 Å². The van der Waals surface area contributed by atoms with E-state index >= 15 is 0 Å². The lowest BCUT2D eigenvalue weighted by Crippen LogP contribution is -2.50. The van der Waals surface area contributed by atoms with Crippen LogP contribution in [-0.4, -0.2) is 104 Å². The zero-order chi connectivity index (χ0) is 15.7. The van der Waals surface area contributed by atoms with Gasteiger partial charge >= 0.3 is 5.97 Å². The van der Waals surface area contributed by atoms with Crippen molar-refractivity contribution in [3.63, 3.8) is 0 Å². The topological polar surface area (TPSA) is 162 Å². The number of carboxylic acids is 1. The number of aliphatic hydroxyl groups excluding tert-OH is 6. The minimum absolute atomic E-state index is 0.261. The van der Waals surface area contributed by atoms with E-state index in [1.807, 2.05) is 0 Å². The summed E-state index contributed by atoms with van der Waals surface area (Å²) in [7, 11) is 0. The van der Waals surface area contributed by atoms with Crippen LogP contribution >= 0.6 is 0 Å². The third kappa shape index (κ3) is 7.10. The van der Waals surface area contributed by atoms with Gasteiger partial charge in [0, 0.05) is 19.5 Å². The van der Waals surface area contributed by atoms with Gasteiger partial charge in [-0.3, -0.25) is 9.69 Å². The third-order valence-electron chi connectivity index (χ3n) is 2.74. The molecule has 0 aromatic heterocycles. The van der Waals surface area contributed by atoms with Gasteiger partial charge < -0.3 is 35.7 Å². The Morgan fingerprint density at radius 2 is 1.25 bits per heavy atom. The molecule has 0 aliphatic rings. The average Bonchev–Trinajstić information content (AvgIpc) is 2.42. The highest BCUT2D eigenvalue weighted by Gasteiger charge is 2.30. The molecule has 3 unspecified atom stereocenters. The predicted octanol–water partition coefficient (Wildman–Crippen LogP) is -3.81. The first-order valence-electron chi connectivity index (χ1n) is 6.19. The molecule has 4 atom stereocenters. The Labute approximate surface area is 116 Å². The van der Waals surface area contributed by atoms with Crippen LogP contribution in [0.25, 0.3) is 0 Å². The fourth-order valence-corrected chi connectivity index (χ4v) is 1.72. The van der Waals surface area contributed by atoms with Crippen LogP contribution < -0.4 is 0 Å². The molecule has 120 valence electrons. The Hall–Kier alpha value is -0.810. The number of nitrogens with zero attached hydrogens (tertiary/aromatic N) is 1. The summed E-state index contributed by atoms with van der Waals surface area (Å²) in [5.41, 5.74) is 0. The normalized spacial score (nSPS) is 17.8. The summed E-state index contributed by atoms with van der Waals surface area (Å²) >= 11 is 0. The van der Waals surface area contributed by atoms with Gasteiger partial charge in [-0.05, 0) is 0 Å². The molecule has 0 heterocycles. The van der Waals surface area contributed by atoms with E-state index in [-0.39, 0.29) is 19.5 Å². The molecule has 0 aromatic rings. The minimum Gasteiger partial charge on any atom is -0.480 e. The van der Waals surface area contributed by atoms with E-state index in [0.717, 1.165) is 4.90 Å². The highest BCUT2D eigenvalue weighted by atomic mass is 16.4. The van der Waals surface area contributed by atoms with Crippen molar-refractivity contribution in [3.8, 4) is 0 Å². The summed E-state index contributed by atoms with van der Waals surface area (Å²) in [6, 6.07) is -1.28. The quantitative estimate of drug-likeness (QED) is 0.203. The number of aliphatic hydroxyl groups is 6. The van der Waals surface area contributed by atoms with Crippen LogP contribution in [-0.2, 0) is 4.79 Å².